The van der Waals surface area contributed by atoms with Gasteiger partial charge in [-0.25, -0.2) is 0 Å². The SMILES string of the molecule is C/C(=C/N[C@H]1CC[C@@H](CO)O1)C(=O)NCCOCCNC(=O)c1ccc([N+](C)(C)C)c(C#N)c1. The molecule has 1 saturated heterocycles. The van der Waals surface area contributed by atoms with Gasteiger partial charge in [0.15, 0.2) is 0 Å². The predicted octanol–water partition coefficient (Wildman–Crippen LogP) is 0.608. The van der Waals surface area contributed by atoms with Crippen molar-refractivity contribution in [2.45, 2.75) is 32.1 Å². The molecule has 2 amide bonds. The maximum Gasteiger partial charge on any atom is 0.251 e. The molecule has 0 bridgehead atoms. The van der Waals surface area contributed by atoms with Crippen LogP contribution >= 0.6 is 0 Å². The van der Waals surface area contributed by atoms with Gasteiger partial charge in [0.1, 0.15) is 23.5 Å². The van der Waals surface area contributed by atoms with Gasteiger partial charge in [0.25, 0.3) is 5.91 Å². The van der Waals surface area contributed by atoms with Crippen LogP contribution in [0.15, 0.2) is 30.0 Å². The standard InChI is InChI=1S/C24H35N5O5/c1-17(15-28-22-8-6-20(16-30)34-22)23(31)26-9-11-33-12-10-27-24(32)18-5-7-21(29(2,3)4)19(13-18)14-25/h5,7,13,15,20,22,30H,6,8-12,16H2,1-4H3,(H2-,26,27,28,31,32)/p+1/t20-,22+/m0/s1. The quantitative estimate of drug-likeness (QED) is 0.198. The minimum absolute atomic E-state index is 0.00284. The molecule has 2 rings (SSSR count). The molecule has 0 radical (unpaired) electrons. The van der Waals surface area contributed by atoms with Crippen molar-refractivity contribution >= 4 is 17.5 Å². The van der Waals surface area contributed by atoms with Crippen molar-refractivity contribution in [3.05, 3.63) is 41.1 Å². The van der Waals surface area contributed by atoms with Crippen molar-refractivity contribution in [3.8, 4) is 6.07 Å². The first-order chi connectivity index (χ1) is 16.2. The zero-order valence-corrected chi connectivity index (χ0v) is 20.4. The fourth-order valence-corrected chi connectivity index (χ4v) is 3.41. The smallest absolute Gasteiger partial charge is 0.251 e. The van der Waals surface area contributed by atoms with Crippen molar-refractivity contribution in [2.24, 2.45) is 0 Å². The number of hydrogen-bond acceptors (Lipinski definition) is 7. The van der Waals surface area contributed by atoms with E-state index in [4.69, 9.17) is 14.6 Å². The number of nitrogens with one attached hydrogen (secondary N) is 3. The van der Waals surface area contributed by atoms with Crippen LogP contribution in [0.3, 0.4) is 0 Å². The number of carbonyl (C=O) groups excluding carboxylic acids is 2. The Hall–Kier alpha value is -2.97. The van der Waals surface area contributed by atoms with Crippen LogP contribution in [0, 0.1) is 11.3 Å². The highest BCUT2D eigenvalue weighted by Crippen LogP contribution is 2.23. The number of ether oxygens (including phenoxy) is 2. The number of quaternary nitrogens is 1. The number of aliphatic hydroxyl groups is 1. The summed E-state index contributed by atoms with van der Waals surface area (Å²) in [5.41, 5.74) is 2.24. The minimum atomic E-state index is -0.272. The van der Waals surface area contributed by atoms with Crippen LogP contribution < -0.4 is 20.4 Å². The third kappa shape index (κ3) is 8.43. The molecule has 1 aliphatic rings. The molecule has 0 spiro atoms. The van der Waals surface area contributed by atoms with Gasteiger partial charge in [-0.05, 0) is 31.9 Å². The van der Waals surface area contributed by atoms with Crippen LogP contribution in [-0.4, -0.2) is 83.3 Å². The highest BCUT2D eigenvalue weighted by molar-refractivity contribution is 5.95. The number of carbonyl (C=O) groups is 2. The summed E-state index contributed by atoms with van der Waals surface area (Å²) in [7, 11) is 5.89. The van der Waals surface area contributed by atoms with Gasteiger partial charge < -0.3 is 30.5 Å². The van der Waals surface area contributed by atoms with Crippen molar-refractivity contribution in [3.63, 3.8) is 0 Å². The van der Waals surface area contributed by atoms with Crippen molar-refractivity contribution < 1.29 is 24.2 Å². The van der Waals surface area contributed by atoms with Gasteiger partial charge in [-0.2, -0.15) is 5.26 Å². The molecule has 0 aliphatic carbocycles. The third-order valence-corrected chi connectivity index (χ3v) is 5.32. The zero-order chi connectivity index (χ0) is 25.1. The summed E-state index contributed by atoms with van der Waals surface area (Å²) in [5, 5.41) is 27.0. The number of benzene rings is 1. The average Bonchev–Trinajstić information content (AvgIpc) is 3.28. The lowest BCUT2D eigenvalue weighted by molar-refractivity contribution is -0.117. The summed E-state index contributed by atoms with van der Waals surface area (Å²) in [5.74, 6) is -0.488. The van der Waals surface area contributed by atoms with Gasteiger partial charge in [-0.3, -0.25) is 14.1 Å². The van der Waals surface area contributed by atoms with E-state index in [1.165, 1.54) is 0 Å². The second-order valence-corrected chi connectivity index (χ2v) is 8.98. The highest BCUT2D eigenvalue weighted by Gasteiger charge is 2.23. The predicted molar refractivity (Wildman–Crippen MR) is 129 cm³/mol. The monoisotopic (exact) mass is 474 g/mol. The lowest BCUT2D eigenvalue weighted by Gasteiger charge is -2.24. The number of nitrogens with zero attached hydrogens (tertiary/aromatic N) is 2. The summed E-state index contributed by atoms with van der Waals surface area (Å²) in [6, 6.07) is 7.25. The molecule has 10 heteroatoms. The van der Waals surface area contributed by atoms with Crippen LogP contribution in [-0.2, 0) is 14.3 Å². The molecule has 34 heavy (non-hydrogen) atoms. The van der Waals surface area contributed by atoms with E-state index >= 15 is 0 Å². The van der Waals surface area contributed by atoms with E-state index in [0.29, 0.717) is 47.5 Å². The van der Waals surface area contributed by atoms with Crippen molar-refractivity contribution in [1.29, 1.82) is 5.26 Å². The average molecular weight is 475 g/mol. The van der Waals surface area contributed by atoms with E-state index in [1.54, 1.807) is 31.3 Å². The Morgan fingerprint density at radius 3 is 2.56 bits per heavy atom. The van der Waals surface area contributed by atoms with E-state index in [-0.39, 0.29) is 30.8 Å². The number of rotatable bonds is 12. The molecule has 186 valence electrons. The maximum atomic E-state index is 12.3. The summed E-state index contributed by atoms with van der Waals surface area (Å²) >= 11 is 0. The first-order valence-electron chi connectivity index (χ1n) is 11.3. The molecule has 1 aliphatic heterocycles. The van der Waals surface area contributed by atoms with Gasteiger partial charge in [0.05, 0.1) is 47.1 Å². The first kappa shape index (κ1) is 27.3. The van der Waals surface area contributed by atoms with Gasteiger partial charge >= 0.3 is 0 Å². The molecule has 1 aromatic carbocycles. The Labute approximate surface area is 201 Å². The summed E-state index contributed by atoms with van der Waals surface area (Å²) < 4.78 is 11.5. The number of amides is 2. The molecule has 0 saturated carbocycles. The Morgan fingerprint density at radius 1 is 1.24 bits per heavy atom. The lowest BCUT2D eigenvalue weighted by Crippen LogP contribution is -2.35. The Bertz CT molecular complexity index is 919. The number of hydrogen-bond donors (Lipinski definition) is 4. The topological polar surface area (TPSA) is 133 Å². The zero-order valence-electron chi connectivity index (χ0n) is 20.4. The minimum Gasteiger partial charge on any atom is -0.394 e. The largest absolute Gasteiger partial charge is 0.394 e. The number of aliphatic hydroxyl groups excluding tert-OH is 1. The lowest BCUT2D eigenvalue weighted by atomic mass is 10.1. The Kier molecular flexibility index (Phi) is 10.5. The maximum absolute atomic E-state index is 12.3. The third-order valence-electron chi connectivity index (χ3n) is 5.32. The van der Waals surface area contributed by atoms with Crippen molar-refractivity contribution in [1.82, 2.24) is 20.4 Å². The Morgan fingerprint density at radius 2 is 1.94 bits per heavy atom. The number of nitriles is 1. The van der Waals surface area contributed by atoms with Gasteiger partial charge in [0, 0.05) is 36.5 Å². The van der Waals surface area contributed by atoms with E-state index in [2.05, 4.69) is 22.0 Å². The van der Waals surface area contributed by atoms with Crippen molar-refractivity contribution in [2.75, 3.05) is 54.1 Å². The molecular formula is C24H36N5O5+. The van der Waals surface area contributed by atoms with Gasteiger partial charge in [-0.15, -0.1) is 0 Å². The molecule has 4 N–H and O–H groups in total. The molecule has 1 aromatic rings. The fourth-order valence-electron chi connectivity index (χ4n) is 3.41. The molecule has 1 fully saturated rings. The van der Waals surface area contributed by atoms with Crippen LogP contribution in [0.5, 0.6) is 0 Å². The van der Waals surface area contributed by atoms with Crippen LogP contribution in [0.4, 0.5) is 5.69 Å². The fraction of sp³-hybridized carbons (Fsp3) is 0.542. The van der Waals surface area contributed by atoms with E-state index in [9.17, 15) is 14.9 Å². The van der Waals surface area contributed by atoms with Crippen LogP contribution in [0.1, 0.15) is 35.7 Å². The second-order valence-electron chi connectivity index (χ2n) is 8.98. The Balaban J connectivity index is 1.62. The molecule has 10 nitrogen and oxygen atoms in total. The van der Waals surface area contributed by atoms with Crippen LogP contribution in [0.2, 0.25) is 0 Å². The summed E-state index contributed by atoms with van der Waals surface area (Å²) in [6.07, 6.45) is 2.84. The van der Waals surface area contributed by atoms with Gasteiger partial charge in [-0.1, -0.05) is 0 Å². The molecule has 0 aromatic heterocycles. The molecule has 1 heterocycles. The van der Waals surface area contributed by atoms with E-state index in [0.717, 1.165) is 18.5 Å². The molecule has 2 atom stereocenters. The van der Waals surface area contributed by atoms with E-state index in [1.807, 2.05) is 21.1 Å². The summed E-state index contributed by atoms with van der Waals surface area (Å²) in [6.45, 7) is 2.95. The molecule has 0 unspecified atom stereocenters. The molecular weight excluding hydrogens is 438 g/mol. The summed E-state index contributed by atoms with van der Waals surface area (Å²) in [4.78, 5) is 24.5. The van der Waals surface area contributed by atoms with Crippen LogP contribution in [0.25, 0.3) is 0 Å². The first-order valence-corrected chi connectivity index (χ1v) is 11.3. The second kappa shape index (κ2) is 13.1. The highest BCUT2D eigenvalue weighted by atomic mass is 16.5. The normalized spacial score (nSPS) is 18.3. The van der Waals surface area contributed by atoms with E-state index < -0.39 is 0 Å². The van der Waals surface area contributed by atoms with Gasteiger partial charge in [0.2, 0.25) is 5.91 Å².